The number of nitrogen functional groups attached to an aromatic ring is 1. The minimum absolute atomic E-state index is 0.320. The maximum absolute atomic E-state index is 5.72. The molecule has 3 aromatic rings. The second-order valence-electron chi connectivity index (χ2n) is 5.78. The summed E-state index contributed by atoms with van der Waals surface area (Å²) in [6.45, 7) is 0.738. The summed E-state index contributed by atoms with van der Waals surface area (Å²) in [5, 5.41) is 3.33. The van der Waals surface area contributed by atoms with E-state index in [1.165, 1.54) is 5.56 Å². The Morgan fingerprint density at radius 1 is 0.962 bits per heavy atom. The van der Waals surface area contributed by atoms with Gasteiger partial charge in [-0.3, -0.25) is 0 Å². The fraction of sp³-hybridized carbons (Fsp3) is 0.200. The summed E-state index contributed by atoms with van der Waals surface area (Å²) in [6.07, 6.45) is 0.862. The maximum atomic E-state index is 5.72. The van der Waals surface area contributed by atoms with E-state index in [4.69, 9.17) is 15.2 Å². The summed E-state index contributed by atoms with van der Waals surface area (Å²) in [5.41, 5.74) is 9.40. The summed E-state index contributed by atoms with van der Waals surface area (Å²) in [6, 6.07) is 17.8. The van der Waals surface area contributed by atoms with Crippen molar-refractivity contribution in [3.8, 4) is 23.0 Å². The van der Waals surface area contributed by atoms with Crippen molar-refractivity contribution in [2.24, 2.45) is 0 Å². The fourth-order valence-corrected chi connectivity index (χ4v) is 2.56. The molecule has 0 unspecified atom stereocenters. The van der Waals surface area contributed by atoms with Crippen LogP contribution in [0.25, 0.3) is 11.3 Å². The van der Waals surface area contributed by atoms with Crippen molar-refractivity contribution in [2.75, 3.05) is 31.8 Å². The van der Waals surface area contributed by atoms with Crippen LogP contribution in [0.2, 0.25) is 0 Å². The first-order valence-corrected chi connectivity index (χ1v) is 8.34. The predicted octanol–water partition coefficient (Wildman–Crippen LogP) is 3.40. The van der Waals surface area contributed by atoms with E-state index in [1.807, 2.05) is 54.6 Å². The van der Waals surface area contributed by atoms with Crippen LogP contribution in [0.4, 0.5) is 11.5 Å². The molecule has 1 aromatic heterocycles. The number of benzene rings is 2. The van der Waals surface area contributed by atoms with Crippen molar-refractivity contribution in [1.82, 2.24) is 9.97 Å². The van der Waals surface area contributed by atoms with Crippen molar-refractivity contribution in [2.45, 2.75) is 6.42 Å². The molecule has 6 heteroatoms. The quantitative estimate of drug-likeness (QED) is 0.636. The fourth-order valence-electron chi connectivity index (χ4n) is 2.56. The van der Waals surface area contributed by atoms with Gasteiger partial charge in [0.05, 0.1) is 19.9 Å². The first-order valence-electron chi connectivity index (χ1n) is 8.34. The van der Waals surface area contributed by atoms with Gasteiger partial charge in [0.15, 0.2) is 0 Å². The van der Waals surface area contributed by atoms with Gasteiger partial charge in [-0.25, -0.2) is 0 Å². The molecule has 6 nitrogen and oxygen atoms in total. The Hall–Kier alpha value is -3.28. The van der Waals surface area contributed by atoms with Gasteiger partial charge >= 0.3 is 6.01 Å². The Morgan fingerprint density at radius 3 is 2.50 bits per heavy atom. The molecule has 3 N–H and O–H groups in total. The Morgan fingerprint density at radius 2 is 1.77 bits per heavy atom. The second-order valence-corrected chi connectivity index (χ2v) is 5.78. The van der Waals surface area contributed by atoms with Crippen molar-refractivity contribution >= 4 is 11.5 Å². The van der Waals surface area contributed by atoms with Gasteiger partial charge < -0.3 is 20.5 Å². The van der Waals surface area contributed by atoms with Crippen LogP contribution in [-0.4, -0.2) is 30.7 Å². The number of aromatic nitrogens is 2. The molecule has 0 amide bonds. The molecular formula is C20H22N4O2. The molecule has 0 radical (unpaired) electrons. The number of nitrogens with two attached hydrogens (primary N) is 1. The van der Waals surface area contributed by atoms with Crippen LogP contribution in [0.3, 0.4) is 0 Å². The van der Waals surface area contributed by atoms with Crippen LogP contribution in [-0.2, 0) is 6.42 Å². The molecule has 0 aliphatic carbocycles. The maximum Gasteiger partial charge on any atom is 0.318 e. The van der Waals surface area contributed by atoms with Gasteiger partial charge in [-0.2, -0.15) is 9.97 Å². The van der Waals surface area contributed by atoms with Crippen molar-refractivity contribution in [3.05, 3.63) is 60.2 Å². The average molecular weight is 350 g/mol. The number of nitrogens with zero attached hydrogens (tertiary/aromatic N) is 2. The van der Waals surface area contributed by atoms with E-state index in [-0.39, 0.29) is 0 Å². The van der Waals surface area contributed by atoms with Crippen molar-refractivity contribution in [3.63, 3.8) is 0 Å². The van der Waals surface area contributed by atoms with Crippen LogP contribution < -0.4 is 20.5 Å². The van der Waals surface area contributed by atoms with Crippen LogP contribution in [0.5, 0.6) is 11.8 Å². The molecule has 134 valence electrons. The lowest BCUT2D eigenvalue weighted by Gasteiger charge is -2.10. The molecule has 2 aromatic carbocycles. The highest BCUT2D eigenvalue weighted by molar-refractivity contribution is 5.64. The van der Waals surface area contributed by atoms with Gasteiger partial charge in [0, 0.05) is 23.9 Å². The number of methoxy groups -OCH3 is 2. The van der Waals surface area contributed by atoms with Gasteiger partial charge in [-0.05, 0) is 36.2 Å². The summed E-state index contributed by atoms with van der Waals surface area (Å²) in [5.74, 6) is 1.49. The Kier molecular flexibility index (Phi) is 5.53. The van der Waals surface area contributed by atoms with Gasteiger partial charge in [-0.15, -0.1) is 0 Å². The van der Waals surface area contributed by atoms with Gasteiger partial charge in [0.1, 0.15) is 11.6 Å². The molecule has 0 aliphatic heterocycles. The lowest BCUT2D eigenvalue weighted by atomic mass is 10.1. The van der Waals surface area contributed by atoms with E-state index in [1.54, 1.807) is 14.2 Å². The van der Waals surface area contributed by atoms with Crippen LogP contribution in [0.15, 0.2) is 54.6 Å². The molecule has 0 saturated heterocycles. The number of nitrogens with one attached hydrogen (secondary N) is 1. The van der Waals surface area contributed by atoms with E-state index in [0.29, 0.717) is 11.8 Å². The number of hydrogen-bond donors (Lipinski definition) is 2. The Balaban J connectivity index is 1.75. The normalized spacial score (nSPS) is 10.4. The summed E-state index contributed by atoms with van der Waals surface area (Å²) in [4.78, 5) is 8.80. The number of ether oxygens (including phenoxy) is 2. The Labute approximate surface area is 153 Å². The van der Waals surface area contributed by atoms with E-state index in [0.717, 1.165) is 35.7 Å². The SMILES string of the molecule is COc1cccc(-c2cc(NCCc3ccc(N)cc3)nc(OC)n2)c1. The van der Waals surface area contributed by atoms with Gasteiger partial charge in [-0.1, -0.05) is 24.3 Å². The lowest BCUT2D eigenvalue weighted by molar-refractivity contribution is 0.381. The highest BCUT2D eigenvalue weighted by atomic mass is 16.5. The summed E-state index contributed by atoms with van der Waals surface area (Å²) < 4.78 is 10.5. The van der Waals surface area contributed by atoms with Crippen LogP contribution >= 0.6 is 0 Å². The van der Waals surface area contributed by atoms with E-state index >= 15 is 0 Å². The molecule has 0 bridgehead atoms. The predicted molar refractivity (Wildman–Crippen MR) is 104 cm³/mol. The monoisotopic (exact) mass is 350 g/mol. The number of rotatable bonds is 7. The van der Waals surface area contributed by atoms with Crippen molar-refractivity contribution < 1.29 is 9.47 Å². The van der Waals surface area contributed by atoms with Crippen LogP contribution in [0.1, 0.15) is 5.56 Å². The molecule has 26 heavy (non-hydrogen) atoms. The number of hydrogen-bond acceptors (Lipinski definition) is 6. The topological polar surface area (TPSA) is 82.3 Å². The third kappa shape index (κ3) is 4.42. The lowest BCUT2D eigenvalue weighted by Crippen LogP contribution is -2.08. The first kappa shape index (κ1) is 17.5. The minimum Gasteiger partial charge on any atom is -0.497 e. The zero-order valence-corrected chi connectivity index (χ0v) is 14.9. The zero-order chi connectivity index (χ0) is 18.4. The summed E-state index contributed by atoms with van der Waals surface area (Å²) in [7, 11) is 3.20. The van der Waals surface area contributed by atoms with Gasteiger partial charge in [0.25, 0.3) is 0 Å². The largest absolute Gasteiger partial charge is 0.497 e. The average Bonchev–Trinajstić information content (AvgIpc) is 2.69. The minimum atomic E-state index is 0.320. The molecule has 0 saturated carbocycles. The van der Waals surface area contributed by atoms with E-state index in [9.17, 15) is 0 Å². The highest BCUT2D eigenvalue weighted by Gasteiger charge is 2.08. The second kappa shape index (κ2) is 8.20. The first-order chi connectivity index (χ1) is 12.7. The van der Waals surface area contributed by atoms with Crippen molar-refractivity contribution in [1.29, 1.82) is 0 Å². The van der Waals surface area contributed by atoms with Crippen LogP contribution in [0, 0.1) is 0 Å². The molecule has 1 heterocycles. The third-order valence-electron chi connectivity index (χ3n) is 3.95. The third-order valence-corrected chi connectivity index (χ3v) is 3.95. The summed E-state index contributed by atoms with van der Waals surface area (Å²) >= 11 is 0. The molecule has 0 aliphatic rings. The zero-order valence-electron chi connectivity index (χ0n) is 14.9. The molecule has 3 rings (SSSR count). The highest BCUT2D eigenvalue weighted by Crippen LogP contribution is 2.25. The standard InChI is InChI=1S/C20H22N4O2/c1-25-17-5-3-4-15(12-17)18-13-19(24-20(23-18)26-2)22-11-10-14-6-8-16(21)9-7-14/h3-9,12-13H,10-11,21H2,1-2H3,(H,22,23,24). The molecular weight excluding hydrogens is 328 g/mol. The molecule has 0 fully saturated rings. The van der Waals surface area contributed by atoms with E-state index in [2.05, 4.69) is 15.3 Å². The van der Waals surface area contributed by atoms with Gasteiger partial charge in [0.2, 0.25) is 0 Å². The number of anilines is 2. The Bertz CT molecular complexity index is 866. The molecule has 0 atom stereocenters. The van der Waals surface area contributed by atoms with E-state index < -0.39 is 0 Å². The molecule has 0 spiro atoms. The smallest absolute Gasteiger partial charge is 0.318 e.